The van der Waals surface area contributed by atoms with Gasteiger partial charge in [-0.2, -0.15) is 23.4 Å². The van der Waals surface area contributed by atoms with Gasteiger partial charge in [-0.05, 0) is 37.0 Å². The van der Waals surface area contributed by atoms with Gasteiger partial charge in [-0.1, -0.05) is 37.6 Å². The van der Waals surface area contributed by atoms with E-state index in [4.69, 9.17) is 11.6 Å². The molecule has 32 heavy (non-hydrogen) atoms. The van der Waals surface area contributed by atoms with Gasteiger partial charge in [0.05, 0.1) is 16.4 Å². The van der Waals surface area contributed by atoms with Crippen LogP contribution < -0.4 is 0 Å². The highest BCUT2D eigenvalue weighted by molar-refractivity contribution is 6.32. The van der Waals surface area contributed by atoms with E-state index in [1.165, 1.54) is 31.2 Å². The molecule has 1 atom stereocenters. The third kappa shape index (κ3) is 3.23. The number of benzene rings is 1. The van der Waals surface area contributed by atoms with Crippen molar-refractivity contribution in [3.8, 4) is 0 Å². The van der Waals surface area contributed by atoms with E-state index in [1.807, 2.05) is 13.8 Å². The second kappa shape index (κ2) is 7.68. The van der Waals surface area contributed by atoms with Gasteiger partial charge in [0, 0.05) is 13.0 Å². The van der Waals surface area contributed by atoms with Crippen LogP contribution in [0.15, 0.2) is 34.5 Å². The maximum atomic E-state index is 13.8. The summed E-state index contributed by atoms with van der Waals surface area (Å²) >= 11 is 6.00. The van der Waals surface area contributed by atoms with Gasteiger partial charge in [0.2, 0.25) is 5.91 Å². The normalized spacial score (nSPS) is 21.5. The molecule has 1 saturated heterocycles. The summed E-state index contributed by atoms with van der Waals surface area (Å²) in [5, 5.41) is 11.7. The summed E-state index contributed by atoms with van der Waals surface area (Å²) < 4.78 is 55.3. The van der Waals surface area contributed by atoms with Crippen molar-refractivity contribution in [3.05, 3.63) is 52.1 Å². The lowest BCUT2D eigenvalue weighted by Gasteiger charge is -2.41. The van der Waals surface area contributed by atoms with Crippen molar-refractivity contribution in [2.45, 2.75) is 45.3 Å². The van der Waals surface area contributed by atoms with Gasteiger partial charge in [-0.25, -0.2) is 9.07 Å². The molecule has 0 radical (unpaired) electrons. The van der Waals surface area contributed by atoms with Crippen molar-refractivity contribution in [1.29, 1.82) is 0 Å². The molecule has 11 heteroatoms. The van der Waals surface area contributed by atoms with E-state index >= 15 is 0 Å². The Balaban J connectivity index is 2.03. The Labute approximate surface area is 186 Å². The molecule has 3 heterocycles. The molecular formula is C21H20ClF4N5O. The monoisotopic (exact) mass is 469 g/mol. The highest BCUT2D eigenvalue weighted by atomic mass is 35.5. The summed E-state index contributed by atoms with van der Waals surface area (Å²) in [5.74, 6) is -0.931. The fraction of sp³-hybridized carbons (Fsp3) is 0.429. The molecule has 1 amide bonds. The number of likely N-dealkylation sites (tertiary alicyclic amines) is 1. The highest BCUT2D eigenvalue weighted by Gasteiger charge is 2.56. The summed E-state index contributed by atoms with van der Waals surface area (Å²) in [6.07, 6.45) is -3.95. The van der Waals surface area contributed by atoms with Gasteiger partial charge < -0.3 is 4.90 Å². The summed E-state index contributed by atoms with van der Waals surface area (Å²) in [6, 6.07) is 5.45. The topological polar surface area (TPSA) is 62.9 Å². The van der Waals surface area contributed by atoms with Crippen LogP contribution in [-0.4, -0.2) is 38.7 Å². The van der Waals surface area contributed by atoms with Crippen molar-refractivity contribution >= 4 is 29.1 Å². The number of carbonyl (C=O) groups excluding carboxylic acids is 1. The van der Waals surface area contributed by atoms with E-state index in [1.54, 1.807) is 4.90 Å². The van der Waals surface area contributed by atoms with Crippen molar-refractivity contribution < 1.29 is 22.4 Å². The second-order valence-corrected chi connectivity index (χ2v) is 8.47. The Kier molecular flexibility index (Phi) is 5.39. The Morgan fingerprint density at radius 3 is 2.31 bits per heavy atom. The lowest BCUT2D eigenvalue weighted by molar-refractivity contribution is -0.141. The third-order valence-electron chi connectivity index (χ3n) is 5.75. The lowest BCUT2D eigenvalue weighted by Crippen LogP contribution is -2.59. The Bertz CT molecular complexity index is 1140. The Morgan fingerprint density at radius 2 is 1.81 bits per heavy atom. The molecule has 1 aromatic heterocycles. The molecule has 2 aliphatic rings. The van der Waals surface area contributed by atoms with Crippen LogP contribution in [0.1, 0.15) is 43.6 Å². The zero-order valence-corrected chi connectivity index (χ0v) is 18.3. The van der Waals surface area contributed by atoms with Crippen LogP contribution in [0.3, 0.4) is 0 Å². The molecule has 1 aromatic carbocycles. The van der Waals surface area contributed by atoms with Crippen molar-refractivity contribution in [3.63, 3.8) is 0 Å². The molecule has 1 unspecified atom stereocenters. The van der Waals surface area contributed by atoms with Gasteiger partial charge in [-0.15, -0.1) is 5.10 Å². The van der Waals surface area contributed by atoms with E-state index in [0.717, 1.165) is 4.68 Å². The predicted octanol–water partition coefficient (Wildman–Crippen LogP) is 4.79. The number of aromatic nitrogens is 2. The molecule has 1 fully saturated rings. The third-order valence-corrected chi connectivity index (χ3v) is 6.20. The molecule has 170 valence electrons. The second-order valence-electron chi connectivity index (χ2n) is 8.09. The van der Waals surface area contributed by atoms with E-state index in [0.29, 0.717) is 24.2 Å². The van der Waals surface area contributed by atoms with Crippen molar-refractivity contribution in [1.82, 2.24) is 14.7 Å². The van der Waals surface area contributed by atoms with Gasteiger partial charge >= 0.3 is 6.18 Å². The Morgan fingerprint density at radius 1 is 1.16 bits per heavy atom. The summed E-state index contributed by atoms with van der Waals surface area (Å²) in [6.45, 7) is 5.42. The average molecular weight is 470 g/mol. The summed E-state index contributed by atoms with van der Waals surface area (Å²) in [7, 11) is 0. The van der Waals surface area contributed by atoms with Gasteiger partial charge in [0.25, 0.3) is 0 Å². The molecule has 6 nitrogen and oxygen atoms in total. The van der Waals surface area contributed by atoms with Crippen molar-refractivity contribution in [2.75, 3.05) is 6.54 Å². The van der Waals surface area contributed by atoms with Crippen molar-refractivity contribution in [2.24, 2.45) is 16.1 Å². The SMILES string of the molecule is Cc1c(Cl)c(C(F)(F)F)nn1C1=NN=C(C(C)C)C1(c1ccc(F)cc1)N1CCCC1=O. The first kappa shape index (κ1) is 22.4. The molecule has 2 aromatic rings. The zero-order valence-electron chi connectivity index (χ0n) is 17.5. The van der Waals surface area contributed by atoms with Crippen LogP contribution >= 0.6 is 11.6 Å². The fourth-order valence-electron chi connectivity index (χ4n) is 4.35. The largest absolute Gasteiger partial charge is 0.436 e. The number of carbonyl (C=O) groups is 1. The average Bonchev–Trinajstić information content (AvgIpc) is 3.39. The first-order chi connectivity index (χ1) is 15.0. The minimum absolute atomic E-state index is 0.00189. The number of hydrogen-bond donors (Lipinski definition) is 0. The fourth-order valence-corrected chi connectivity index (χ4v) is 4.57. The Hall–Kier alpha value is -2.75. The minimum atomic E-state index is -4.78. The van der Waals surface area contributed by atoms with Crippen LogP contribution in [0.25, 0.3) is 0 Å². The van der Waals surface area contributed by atoms with Crippen LogP contribution in [-0.2, 0) is 16.5 Å². The van der Waals surface area contributed by atoms with Crippen LogP contribution in [0.4, 0.5) is 17.6 Å². The maximum absolute atomic E-state index is 13.8. The number of amides is 1. The summed E-state index contributed by atoms with van der Waals surface area (Å²) in [5.41, 5.74) is -1.78. The molecule has 2 aliphatic heterocycles. The minimum Gasteiger partial charge on any atom is -0.321 e. The molecule has 0 bridgehead atoms. The number of hydrogen-bond acceptors (Lipinski definition) is 4. The van der Waals surface area contributed by atoms with Gasteiger partial charge in [0.15, 0.2) is 17.1 Å². The zero-order chi connectivity index (χ0) is 23.4. The predicted molar refractivity (Wildman–Crippen MR) is 111 cm³/mol. The quantitative estimate of drug-likeness (QED) is 0.607. The van der Waals surface area contributed by atoms with Crippen LogP contribution in [0.2, 0.25) is 5.02 Å². The lowest BCUT2D eigenvalue weighted by atomic mass is 9.78. The summed E-state index contributed by atoms with van der Waals surface area (Å²) in [4.78, 5) is 14.5. The standard InChI is InChI=1S/C21H20ClF4N5O/c1-11(2)17-20(30-10-4-5-15(30)32,13-6-8-14(23)9-7-13)19(28-27-17)31-12(3)16(22)18(29-31)21(24,25)26/h6-9,11H,4-5,10H2,1-3H3. The highest BCUT2D eigenvalue weighted by Crippen LogP contribution is 2.43. The number of rotatable bonds is 3. The first-order valence-corrected chi connectivity index (χ1v) is 10.4. The molecule has 0 N–H and O–H groups in total. The first-order valence-electron chi connectivity index (χ1n) is 10.0. The van der Waals surface area contributed by atoms with E-state index in [-0.39, 0.29) is 29.8 Å². The van der Waals surface area contributed by atoms with E-state index < -0.39 is 28.2 Å². The van der Waals surface area contributed by atoms with Crippen LogP contribution in [0, 0.1) is 18.7 Å². The molecule has 0 saturated carbocycles. The molecular weight excluding hydrogens is 450 g/mol. The number of nitrogens with zero attached hydrogens (tertiary/aromatic N) is 5. The smallest absolute Gasteiger partial charge is 0.321 e. The van der Waals surface area contributed by atoms with Gasteiger partial charge in [0.1, 0.15) is 5.82 Å². The maximum Gasteiger partial charge on any atom is 0.436 e. The molecule has 4 rings (SSSR count). The van der Waals surface area contributed by atoms with Gasteiger partial charge in [-0.3, -0.25) is 4.79 Å². The number of alkyl halides is 3. The van der Waals surface area contributed by atoms with Crippen LogP contribution in [0.5, 0.6) is 0 Å². The molecule has 0 aliphatic carbocycles. The van der Waals surface area contributed by atoms with E-state index in [9.17, 15) is 22.4 Å². The molecule has 0 spiro atoms. The number of halogens is 5. The van der Waals surface area contributed by atoms with E-state index in [2.05, 4.69) is 15.3 Å².